The minimum absolute atomic E-state index is 0.802. The standard InChI is InChI=1S/C80H50N6O2/c1-3-21-55(22-4-1)85-71-29-13-11-27-67(71)81-79(85)53-33-37-57(38-34-53)83(69-31-15-19-51-17-7-9-25-61(51)69)59-41-43-65-75(49-59)87-73-47-45-64-63(77(65)73)46-48-74-78(64)66-44-42-60(50-76(66)88-74)84(70-32-16-20-52-18-8-10-26-62(52)70)58-39-35-54(36-40-58)80-82-68-28-12-14-30-72(68)86(80)56-23-5-2-6-24-56/h1-50H. The second-order valence-electron chi connectivity index (χ2n) is 22.5. The molecule has 0 spiro atoms. The van der Waals surface area contributed by atoms with E-state index in [1.165, 1.54) is 0 Å². The Balaban J connectivity index is 0.740. The Kier molecular flexibility index (Phi) is 11.1. The van der Waals surface area contributed by atoms with E-state index in [1.54, 1.807) is 0 Å². The van der Waals surface area contributed by atoms with Gasteiger partial charge in [0.1, 0.15) is 34.0 Å². The summed E-state index contributed by atoms with van der Waals surface area (Å²) < 4.78 is 18.3. The Bertz CT molecular complexity index is 5400. The SMILES string of the molecule is c1ccc(-n2c(-c3ccc(N(c4ccc5c(c4)oc4ccc6c(ccc7oc8cc(N(c9ccc(-c%10nc%11ccccc%11n%10-c%10ccccc%10)cc9)c9cccc%10ccccc9%10)ccc8c76)c45)c4cccc5ccccc45)cc3)nc3ccccc32)cc1. The van der Waals surface area contributed by atoms with E-state index in [4.69, 9.17) is 18.8 Å². The highest BCUT2D eigenvalue weighted by atomic mass is 16.3. The molecule has 8 nitrogen and oxygen atoms in total. The molecule has 0 unspecified atom stereocenters. The number of hydrogen-bond acceptors (Lipinski definition) is 6. The Labute approximate surface area is 504 Å². The zero-order valence-corrected chi connectivity index (χ0v) is 47.4. The molecule has 412 valence electrons. The van der Waals surface area contributed by atoms with Crippen LogP contribution in [0.4, 0.5) is 34.1 Å². The van der Waals surface area contributed by atoms with Crippen LogP contribution < -0.4 is 9.80 Å². The van der Waals surface area contributed by atoms with Crippen molar-refractivity contribution in [1.82, 2.24) is 19.1 Å². The van der Waals surface area contributed by atoms with Crippen LogP contribution >= 0.6 is 0 Å². The zero-order valence-electron chi connectivity index (χ0n) is 47.4. The number of furan rings is 2. The highest BCUT2D eigenvalue weighted by molar-refractivity contribution is 6.28. The van der Waals surface area contributed by atoms with Crippen molar-refractivity contribution in [3.8, 4) is 34.2 Å². The summed E-state index contributed by atoms with van der Waals surface area (Å²) in [5, 5.41) is 11.0. The van der Waals surface area contributed by atoms with Gasteiger partial charge >= 0.3 is 0 Å². The fourth-order valence-corrected chi connectivity index (χ4v) is 13.5. The molecule has 88 heavy (non-hydrogen) atoms. The molecule has 0 saturated heterocycles. The van der Waals surface area contributed by atoms with E-state index < -0.39 is 0 Å². The van der Waals surface area contributed by atoms with Crippen LogP contribution in [-0.2, 0) is 0 Å². The monoisotopic (exact) mass is 1130 g/mol. The van der Waals surface area contributed by atoms with Gasteiger partial charge in [0.15, 0.2) is 0 Å². The first kappa shape index (κ1) is 49.4. The van der Waals surface area contributed by atoms with Crippen LogP contribution in [0.5, 0.6) is 0 Å². The van der Waals surface area contributed by atoms with Crippen molar-refractivity contribution < 1.29 is 8.83 Å². The zero-order chi connectivity index (χ0) is 57.8. The normalized spacial score (nSPS) is 11.9. The smallest absolute Gasteiger partial charge is 0.145 e. The number of anilines is 6. The second kappa shape index (κ2) is 19.8. The number of benzene rings is 14. The molecule has 0 aliphatic rings. The average Bonchev–Trinajstić information content (AvgIpc) is 1.74. The number of hydrogen-bond donors (Lipinski definition) is 0. The van der Waals surface area contributed by atoms with Gasteiger partial charge in [-0.3, -0.25) is 9.13 Å². The van der Waals surface area contributed by atoms with Gasteiger partial charge in [0.2, 0.25) is 0 Å². The first-order valence-corrected chi connectivity index (χ1v) is 29.7. The number of imidazole rings is 2. The van der Waals surface area contributed by atoms with Crippen LogP contribution in [0.1, 0.15) is 0 Å². The van der Waals surface area contributed by atoms with Gasteiger partial charge in [-0.15, -0.1) is 0 Å². The molecule has 0 N–H and O–H groups in total. The van der Waals surface area contributed by atoms with Crippen molar-refractivity contribution in [3.05, 3.63) is 303 Å². The lowest BCUT2D eigenvalue weighted by Crippen LogP contribution is -2.10. The summed E-state index contributed by atoms with van der Waals surface area (Å²) in [6, 6.07) is 107. The van der Waals surface area contributed by atoms with E-state index in [-0.39, 0.29) is 0 Å². The van der Waals surface area contributed by atoms with E-state index in [0.717, 1.165) is 167 Å². The van der Waals surface area contributed by atoms with E-state index >= 15 is 0 Å². The molecule has 0 fully saturated rings. The fraction of sp³-hybridized carbons (Fsp3) is 0. The van der Waals surface area contributed by atoms with Crippen molar-refractivity contribution in [3.63, 3.8) is 0 Å². The molecule has 0 bridgehead atoms. The number of rotatable bonds is 10. The number of para-hydroxylation sites is 6. The summed E-state index contributed by atoms with van der Waals surface area (Å²) in [7, 11) is 0. The molecule has 18 rings (SSSR count). The van der Waals surface area contributed by atoms with Crippen LogP contribution in [0, 0.1) is 0 Å². The quantitative estimate of drug-likeness (QED) is 0.136. The van der Waals surface area contributed by atoms with Gasteiger partial charge in [-0.05, 0) is 179 Å². The van der Waals surface area contributed by atoms with E-state index in [1.807, 2.05) is 24.3 Å². The lowest BCUT2D eigenvalue weighted by atomic mass is 9.99. The van der Waals surface area contributed by atoms with Gasteiger partial charge in [0.05, 0.1) is 33.4 Å². The summed E-state index contributed by atoms with van der Waals surface area (Å²) in [6.07, 6.45) is 0. The molecular formula is C80H50N6O2. The minimum Gasteiger partial charge on any atom is -0.456 e. The topological polar surface area (TPSA) is 68.4 Å². The maximum atomic E-state index is 6.91. The predicted octanol–water partition coefficient (Wildman–Crippen LogP) is 21.9. The third-order valence-electron chi connectivity index (χ3n) is 17.5. The molecule has 0 aliphatic carbocycles. The highest BCUT2D eigenvalue weighted by Crippen LogP contribution is 2.47. The van der Waals surface area contributed by atoms with E-state index in [9.17, 15) is 0 Å². The Hall–Kier alpha value is -12.0. The molecule has 0 aliphatic heterocycles. The van der Waals surface area contributed by atoms with Gasteiger partial charge in [0.25, 0.3) is 0 Å². The molecule has 0 amide bonds. The summed E-state index contributed by atoms with van der Waals surface area (Å²) in [5.41, 5.74) is 17.5. The summed E-state index contributed by atoms with van der Waals surface area (Å²) in [4.78, 5) is 15.1. The lowest BCUT2D eigenvalue weighted by Gasteiger charge is -2.27. The minimum atomic E-state index is 0.802. The molecule has 4 heterocycles. The van der Waals surface area contributed by atoms with E-state index in [0.29, 0.717) is 0 Å². The molecule has 14 aromatic carbocycles. The van der Waals surface area contributed by atoms with Gasteiger partial charge in [-0.25, -0.2) is 9.97 Å². The average molecular weight is 1130 g/mol. The molecule has 4 aromatic heterocycles. The maximum absolute atomic E-state index is 6.91. The van der Waals surface area contributed by atoms with Crippen molar-refractivity contribution >= 4 is 132 Å². The van der Waals surface area contributed by atoms with Crippen molar-refractivity contribution in [2.45, 2.75) is 0 Å². The third-order valence-corrected chi connectivity index (χ3v) is 17.5. The molecule has 8 heteroatoms. The predicted molar refractivity (Wildman–Crippen MR) is 363 cm³/mol. The van der Waals surface area contributed by atoms with Crippen molar-refractivity contribution in [2.75, 3.05) is 9.80 Å². The van der Waals surface area contributed by atoms with Crippen LogP contribution in [0.3, 0.4) is 0 Å². The van der Waals surface area contributed by atoms with Gasteiger partial charge in [-0.1, -0.05) is 133 Å². The van der Waals surface area contributed by atoms with Gasteiger partial charge in [-0.2, -0.15) is 0 Å². The molecule has 0 atom stereocenters. The first-order chi connectivity index (χ1) is 43.6. The molecule has 0 saturated carbocycles. The Morgan fingerprint density at radius 2 is 0.648 bits per heavy atom. The molecular weight excluding hydrogens is 1080 g/mol. The van der Waals surface area contributed by atoms with Gasteiger partial charge in [0, 0.05) is 89.7 Å². The Morgan fingerprint density at radius 3 is 1.10 bits per heavy atom. The first-order valence-electron chi connectivity index (χ1n) is 29.7. The van der Waals surface area contributed by atoms with Crippen LogP contribution in [0.2, 0.25) is 0 Å². The number of fused-ring (bicyclic) bond motifs is 13. The summed E-state index contributed by atoms with van der Waals surface area (Å²) in [6.45, 7) is 0. The van der Waals surface area contributed by atoms with Crippen LogP contribution in [-0.4, -0.2) is 19.1 Å². The highest BCUT2D eigenvalue weighted by Gasteiger charge is 2.24. The van der Waals surface area contributed by atoms with E-state index in [2.05, 4.69) is 298 Å². The number of aromatic nitrogens is 4. The summed E-state index contributed by atoms with van der Waals surface area (Å²) >= 11 is 0. The number of nitrogens with zero attached hydrogens (tertiary/aromatic N) is 6. The van der Waals surface area contributed by atoms with Crippen molar-refractivity contribution in [2.24, 2.45) is 0 Å². The van der Waals surface area contributed by atoms with Crippen LogP contribution in [0.15, 0.2) is 312 Å². The lowest BCUT2D eigenvalue weighted by molar-refractivity contribution is 0.668. The molecule has 0 radical (unpaired) electrons. The largest absolute Gasteiger partial charge is 0.456 e. The molecule has 18 aromatic rings. The fourth-order valence-electron chi connectivity index (χ4n) is 13.5. The van der Waals surface area contributed by atoms with Crippen LogP contribution in [0.25, 0.3) is 132 Å². The Morgan fingerprint density at radius 1 is 0.273 bits per heavy atom. The van der Waals surface area contributed by atoms with Gasteiger partial charge < -0.3 is 18.6 Å². The second-order valence-corrected chi connectivity index (χ2v) is 22.5. The van der Waals surface area contributed by atoms with Crippen molar-refractivity contribution in [1.29, 1.82) is 0 Å². The third kappa shape index (κ3) is 7.86. The maximum Gasteiger partial charge on any atom is 0.145 e. The summed E-state index contributed by atoms with van der Waals surface area (Å²) in [5.74, 6) is 1.77.